The standard InChI is InChI=1S/C17H27NO3/c1-5-9-17(12-18,16(19)21-6-2)11-14-10-13(3)7-8-15(14)20-4/h7-8,10H,5-6,9,11-12,18H2,1-4H3. The van der Waals surface area contributed by atoms with Gasteiger partial charge in [0.25, 0.3) is 0 Å². The first-order valence-corrected chi connectivity index (χ1v) is 7.53. The highest BCUT2D eigenvalue weighted by Gasteiger charge is 2.38. The van der Waals surface area contributed by atoms with Gasteiger partial charge in [0.2, 0.25) is 0 Å². The van der Waals surface area contributed by atoms with E-state index < -0.39 is 5.41 Å². The molecule has 0 spiro atoms. The number of ether oxygens (including phenoxy) is 2. The summed E-state index contributed by atoms with van der Waals surface area (Å²) in [5.74, 6) is 0.580. The molecular weight excluding hydrogens is 266 g/mol. The second-order valence-electron chi connectivity index (χ2n) is 5.45. The summed E-state index contributed by atoms with van der Waals surface area (Å²) in [4.78, 5) is 12.4. The van der Waals surface area contributed by atoms with E-state index in [1.165, 1.54) is 0 Å². The van der Waals surface area contributed by atoms with Gasteiger partial charge in [0, 0.05) is 6.54 Å². The molecule has 0 aliphatic rings. The predicted molar refractivity (Wildman–Crippen MR) is 84.5 cm³/mol. The third-order valence-corrected chi connectivity index (χ3v) is 3.79. The summed E-state index contributed by atoms with van der Waals surface area (Å²) in [7, 11) is 1.64. The number of carbonyl (C=O) groups is 1. The lowest BCUT2D eigenvalue weighted by molar-refractivity contribution is -0.155. The molecule has 1 aromatic carbocycles. The molecule has 0 heterocycles. The SMILES string of the molecule is CCCC(CN)(Cc1cc(C)ccc1OC)C(=O)OCC. The summed E-state index contributed by atoms with van der Waals surface area (Å²) < 4.78 is 10.7. The van der Waals surface area contributed by atoms with E-state index in [4.69, 9.17) is 15.2 Å². The fourth-order valence-electron chi connectivity index (χ4n) is 2.69. The smallest absolute Gasteiger partial charge is 0.313 e. The zero-order valence-electron chi connectivity index (χ0n) is 13.6. The molecule has 118 valence electrons. The van der Waals surface area contributed by atoms with Crippen LogP contribution in [0.15, 0.2) is 18.2 Å². The number of esters is 1. The Labute approximate surface area is 127 Å². The van der Waals surface area contributed by atoms with E-state index in [9.17, 15) is 4.79 Å². The van der Waals surface area contributed by atoms with Crippen molar-refractivity contribution in [1.29, 1.82) is 0 Å². The molecule has 4 heteroatoms. The van der Waals surface area contributed by atoms with Gasteiger partial charge in [-0.3, -0.25) is 4.79 Å². The minimum absolute atomic E-state index is 0.210. The Morgan fingerprint density at radius 3 is 2.57 bits per heavy atom. The van der Waals surface area contributed by atoms with Gasteiger partial charge >= 0.3 is 5.97 Å². The number of hydrogen-bond acceptors (Lipinski definition) is 4. The first kappa shape index (κ1) is 17.5. The van der Waals surface area contributed by atoms with Crippen LogP contribution in [-0.4, -0.2) is 26.2 Å². The lowest BCUT2D eigenvalue weighted by Gasteiger charge is -2.30. The Kier molecular flexibility index (Phi) is 6.69. The fraction of sp³-hybridized carbons (Fsp3) is 0.588. The number of nitrogens with two attached hydrogens (primary N) is 1. The Morgan fingerprint density at radius 2 is 2.05 bits per heavy atom. The number of benzene rings is 1. The maximum atomic E-state index is 12.4. The van der Waals surface area contributed by atoms with Gasteiger partial charge in [-0.15, -0.1) is 0 Å². The molecule has 2 N–H and O–H groups in total. The van der Waals surface area contributed by atoms with Crippen LogP contribution in [0, 0.1) is 12.3 Å². The van der Waals surface area contributed by atoms with E-state index in [1.54, 1.807) is 7.11 Å². The molecule has 0 aliphatic heterocycles. The van der Waals surface area contributed by atoms with E-state index in [2.05, 4.69) is 13.0 Å². The molecule has 4 nitrogen and oxygen atoms in total. The monoisotopic (exact) mass is 293 g/mol. The van der Waals surface area contributed by atoms with Crippen LogP contribution in [0.2, 0.25) is 0 Å². The molecule has 0 saturated heterocycles. The fourth-order valence-corrected chi connectivity index (χ4v) is 2.69. The largest absolute Gasteiger partial charge is 0.496 e. The van der Waals surface area contributed by atoms with Crippen LogP contribution in [0.25, 0.3) is 0 Å². The summed E-state index contributed by atoms with van der Waals surface area (Å²) in [6.07, 6.45) is 2.13. The summed E-state index contributed by atoms with van der Waals surface area (Å²) in [6, 6.07) is 5.98. The average molecular weight is 293 g/mol. The zero-order chi connectivity index (χ0) is 15.9. The normalized spacial score (nSPS) is 13.6. The van der Waals surface area contributed by atoms with Gasteiger partial charge in [-0.2, -0.15) is 0 Å². The Balaban J connectivity index is 3.16. The van der Waals surface area contributed by atoms with E-state index in [0.29, 0.717) is 19.4 Å². The maximum Gasteiger partial charge on any atom is 0.313 e. The van der Waals surface area contributed by atoms with Crippen molar-refractivity contribution in [2.75, 3.05) is 20.3 Å². The Morgan fingerprint density at radius 1 is 1.33 bits per heavy atom. The number of carbonyl (C=O) groups excluding carboxylic acids is 1. The molecule has 0 aromatic heterocycles. The number of hydrogen-bond donors (Lipinski definition) is 1. The molecule has 1 aromatic rings. The van der Waals surface area contributed by atoms with Crippen molar-refractivity contribution in [2.45, 2.75) is 40.0 Å². The second-order valence-corrected chi connectivity index (χ2v) is 5.45. The first-order valence-electron chi connectivity index (χ1n) is 7.53. The molecule has 1 atom stereocenters. The third kappa shape index (κ3) is 4.21. The van der Waals surface area contributed by atoms with E-state index in [1.807, 2.05) is 26.0 Å². The van der Waals surface area contributed by atoms with Crippen molar-refractivity contribution in [3.63, 3.8) is 0 Å². The lowest BCUT2D eigenvalue weighted by Crippen LogP contribution is -2.42. The minimum atomic E-state index is -0.675. The van der Waals surface area contributed by atoms with Crippen molar-refractivity contribution in [3.8, 4) is 5.75 Å². The highest BCUT2D eigenvalue weighted by molar-refractivity contribution is 5.77. The lowest BCUT2D eigenvalue weighted by atomic mass is 9.77. The highest BCUT2D eigenvalue weighted by Crippen LogP contribution is 2.33. The minimum Gasteiger partial charge on any atom is -0.496 e. The van der Waals surface area contributed by atoms with Crippen molar-refractivity contribution < 1.29 is 14.3 Å². The van der Waals surface area contributed by atoms with Crippen LogP contribution in [0.1, 0.15) is 37.8 Å². The van der Waals surface area contributed by atoms with Gasteiger partial charge in [0.05, 0.1) is 19.1 Å². The Bertz CT molecular complexity index is 473. The molecular formula is C17H27NO3. The van der Waals surface area contributed by atoms with E-state index in [0.717, 1.165) is 23.3 Å². The maximum absolute atomic E-state index is 12.4. The summed E-state index contributed by atoms with van der Waals surface area (Å²) in [5, 5.41) is 0. The van der Waals surface area contributed by atoms with Crippen LogP contribution in [-0.2, 0) is 16.0 Å². The molecule has 0 radical (unpaired) electrons. The first-order chi connectivity index (χ1) is 10.0. The number of methoxy groups -OCH3 is 1. The topological polar surface area (TPSA) is 61.5 Å². The van der Waals surface area contributed by atoms with Crippen LogP contribution >= 0.6 is 0 Å². The van der Waals surface area contributed by atoms with Gasteiger partial charge in [0.15, 0.2) is 0 Å². The van der Waals surface area contributed by atoms with Crippen molar-refractivity contribution in [2.24, 2.45) is 11.1 Å². The zero-order valence-corrected chi connectivity index (χ0v) is 13.6. The molecule has 1 unspecified atom stereocenters. The second kappa shape index (κ2) is 8.03. The molecule has 1 rings (SSSR count). The van der Waals surface area contributed by atoms with E-state index in [-0.39, 0.29) is 12.5 Å². The van der Waals surface area contributed by atoms with Crippen LogP contribution in [0.3, 0.4) is 0 Å². The van der Waals surface area contributed by atoms with Gasteiger partial charge in [-0.25, -0.2) is 0 Å². The van der Waals surface area contributed by atoms with Crippen molar-refractivity contribution >= 4 is 5.97 Å². The summed E-state index contributed by atoms with van der Waals surface area (Å²) in [6.45, 7) is 6.54. The van der Waals surface area contributed by atoms with Gasteiger partial charge in [-0.05, 0) is 38.3 Å². The van der Waals surface area contributed by atoms with Gasteiger partial charge < -0.3 is 15.2 Å². The molecule has 0 aliphatic carbocycles. The number of aryl methyl sites for hydroxylation is 1. The number of rotatable bonds is 8. The molecule has 0 bridgehead atoms. The Hall–Kier alpha value is -1.55. The van der Waals surface area contributed by atoms with Crippen molar-refractivity contribution in [3.05, 3.63) is 29.3 Å². The van der Waals surface area contributed by atoms with Crippen LogP contribution in [0.4, 0.5) is 0 Å². The van der Waals surface area contributed by atoms with Crippen molar-refractivity contribution in [1.82, 2.24) is 0 Å². The predicted octanol–water partition coefficient (Wildman–Crippen LogP) is 2.85. The highest BCUT2D eigenvalue weighted by atomic mass is 16.5. The molecule has 21 heavy (non-hydrogen) atoms. The average Bonchev–Trinajstić information content (AvgIpc) is 2.47. The van der Waals surface area contributed by atoms with Crippen LogP contribution < -0.4 is 10.5 Å². The summed E-state index contributed by atoms with van der Waals surface area (Å²) >= 11 is 0. The van der Waals surface area contributed by atoms with Crippen LogP contribution in [0.5, 0.6) is 5.75 Å². The molecule has 0 amide bonds. The molecule has 0 saturated carbocycles. The third-order valence-electron chi connectivity index (χ3n) is 3.79. The van der Waals surface area contributed by atoms with E-state index >= 15 is 0 Å². The van der Waals surface area contributed by atoms with Gasteiger partial charge in [-0.1, -0.05) is 31.0 Å². The summed E-state index contributed by atoms with van der Waals surface area (Å²) in [5.41, 5.74) is 7.43. The molecule has 0 fully saturated rings. The van der Waals surface area contributed by atoms with Gasteiger partial charge in [0.1, 0.15) is 5.75 Å². The quantitative estimate of drug-likeness (QED) is 0.749.